The summed E-state index contributed by atoms with van der Waals surface area (Å²) in [6, 6.07) is -1.45. The fraction of sp³-hybridized carbons (Fsp3) is 0.974. The Labute approximate surface area is 289 Å². The van der Waals surface area contributed by atoms with E-state index in [0.717, 1.165) is 100 Å². The van der Waals surface area contributed by atoms with Crippen LogP contribution in [0.25, 0.3) is 0 Å². The molecular formula is C38H65ClN2O6. The van der Waals surface area contributed by atoms with Crippen molar-refractivity contribution in [1.29, 1.82) is 0 Å². The standard InChI is InChI=1S/C38H64N2O6.ClH/c41-23-32-34(42)35(43)33(40(32)8-4-2-6-10-46-25-38-20-29-14-30(21-38)16-31(15-29)22-38)36(44)39-7-3-1-5-9-45-24-37-17-26-11-27(18-37)13-28(12-26)19-37;/h26-35,41-43H,1-25H2,(H,39,44);1H/t26?,27?,28?,29?,30?,31?,32-,33-,34+,35-,37?,38?;/m1./s1. The quantitative estimate of drug-likeness (QED) is 0.149. The first-order chi connectivity index (χ1) is 22.3. The van der Waals surface area contributed by atoms with Gasteiger partial charge in [0.25, 0.3) is 0 Å². The Morgan fingerprint density at radius 2 is 1.11 bits per heavy atom. The fourth-order valence-electron chi connectivity index (χ4n) is 12.8. The molecule has 0 spiro atoms. The van der Waals surface area contributed by atoms with E-state index in [1.54, 1.807) is 0 Å². The van der Waals surface area contributed by atoms with Crippen LogP contribution in [0, 0.1) is 46.3 Å². The number of nitrogens with one attached hydrogen (secondary N) is 1. The van der Waals surface area contributed by atoms with Gasteiger partial charge in [-0.1, -0.05) is 0 Å². The molecule has 270 valence electrons. The monoisotopic (exact) mass is 680 g/mol. The van der Waals surface area contributed by atoms with Crippen LogP contribution in [0.3, 0.4) is 0 Å². The zero-order chi connectivity index (χ0) is 31.7. The molecule has 9 fully saturated rings. The average molecular weight is 681 g/mol. The summed E-state index contributed by atoms with van der Waals surface area (Å²) in [5.74, 6) is 5.48. The number of unbranched alkanes of at least 4 members (excludes halogenated alkanes) is 4. The van der Waals surface area contributed by atoms with Gasteiger partial charge in [-0.2, -0.15) is 0 Å². The van der Waals surface area contributed by atoms with Crippen LogP contribution in [-0.4, -0.2) is 96.5 Å². The number of likely N-dealkylation sites (tertiary alicyclic amines) is 1. The van der Waals surface area contributed by atoms with Gasteiger partial charge in [0, 0.05) is 19.8 Å². The van der Waals surface area contributed by atoms with Gasteiger partial charge in [-0.3, -0.25) is 9.69 Å². The lowest BCUT2D eigenvalue weighted by Crippen LogP contribution is -2.50. The molecule has 4 N–H and O–H groups in total. The lowest BCUT2D eigenvalue weighted by atomic mass is 9.50. The van der Waals surface area contributed by atoms with E-state index in [0.29, 0.717) is 23.9 Å². The van der Waals surface area contributed by atoms with Crippen molar-refractivity contribution in [3.63, 3.8) is 0 Å². The first-order valence-electron chi connectivity index (χ1n) is 19.5. The molecule has 0 unspecified atom stereocenters. The number of halogens is 1. The SMILES string of the molecule is Cl.O=C(NCCCCCOCC12CC3CC(CC(C3)C1)C2)[C@H]1[C@@H](O)[C@@H](O)[C@@H](CO)N1CCCCCOCC12CC3CC(CC(C3)C1)C2. The van der Waals surface area contributed by atoms with Gasteiger partial charge in [-0.05, 0) is 168 Å². The van der Waals surface area contributed by atoms with Crippen molar-refractivity contribution in [2.24, 2.45) is 46.3 Å². The van der Waals surface area contributed by atoms with E-state index in [1.165, 1.54) is 77.0 Å². The van der Waals surface area contributed by atoms with Crippen molar-refractivity contribution in [2.45, 2.75) is 140 Å². The van der Waals surface area contributed by atoms with E-state index in [-0.39, 0.29) is 24.9 Å². The lowest BCUT2D eigenvalue weighted by molar-refractivity contribution is -0.129. The zero-order valence-electron chi connectivity index (χ0n) is 28.9. The third kappa shape index (κ3) is 8.20. The lowest BCUT2D eigenvalue weighted by Gasteiger charge is -2.56. The molecule has 8 nitrogen and oxygen atoms in total. The van der Waals surface area contributed by atoms with Crippen molar-refractivity contribution in [3.05, 3.63) is 0 Å². The molecule has 0 aromatic carbocycles. The van der Waals surface area contributed by atoms with Gasteiger partial charge in [0.15, 0.2) is 0 Å². The van der Waals surface area contributed by atoms with Crippen molar-refractivity contribution >= 4 is 18.3 Å². The second-order valence-corrected chi connectivity index (χ2v) is 17.8. The highest BCUT2D eigenvalue weighted by molar-refractivity contribution is 5.85. The number of aliphatic hydroxyl groups is 3. The number of amides is 1. The summed E-state index contributed by atoms with van der Waals surface area (Å²) < 4.78 is 12.5. The highest BCUT2D eigenvalue weighted by Gasteiger charge is 2.52. The van der Waals surface area contributed by atoms with Crippen molar-refractivity contribution in [2.75, 3.05) is 46.1 Å². The Morgan fingerprint density at radius 3 is 1.55 bits per heavy atom. The predicted molar refractivity (Wildman–Crippen MR) is 184 cm³/mol. The first-order valence-corrected chi connectivity index (χ1v) is 19.5. The van der Waals surface area contributed by atoms with Gasteiger partial charge in [-0.25, -0.2) is 0 Å². The van der Waals surface area contributed by atoms with Crippen molar-refractivity contribution < 1.29 is 29.6 Å². The number of rotatable bonds is 18. The third-order valence-corrected chi connectivity index (χ3v) is 13.9. The van der Waals surface area contributed by atoms with Gasteiger partial charge >= 0.3 is 0 Å². The van der Waals surface area contributed by atoms with Crippen LogP contribution in [0.15, 0.2) is 0 Å². The maximum atomic E-state index is 13.2. The molecule has 47 heavy (non-hydrogen) atoms. The Morgan fingerprint density at radius 1 is 0.660 bits per heavy atom. The molecule has 8 bridgehead atoms. The molecule has 1 heterocycles. The highest BCUT2D eigenvalue weighted by atomic mass is 35.5. The molecule has 8 saturated carbocycles. The molecule has 9 heteroatoms. The summed E-state index contributed by atoms with van der Waals surface area (Å²) in [5, 5.41) is 34.4. The molecule has 1 saturated heterocycles. The third-order valence-electron chi connectivity index (χ3n) is 13.9. The minimum atomic E-state index is -1.20. The molecule has 0 radical (unpaired) electrons. The average Bonchev–Trinajstić information content (AvgIpc) is 3.24. The summed E-state index contributed by atoms with van der Waals surface area (Å²) in [6.45, 7) is 4.26. The van der Waals surface area contributed by atoms with Gasteiger partial charge in [0.05, 0.1) is 32.0 Å². The second kappa shape index (κ2) is 15.8. The zero-order valence-corrected chi connectivity index (χ0v) is 29.7. The Bertz CT molecular complexity index is 958. The molecular weight excluding hydrogens is 616 g/mol. The largest absolute Gasteiger partial charge is 0.395 e. The number of carbonyl (C=O) groups is 1. The van der Waals surface area contributed by atoms with E-state index in [2.05, 4.69) is 5.32 Å². The Hall–Kier alpha value is -0.480. The number of nitrogens with zero attached hydrogens (tertiary/aromatic N) is 1. The topological polar surface area (TPSA) is 111 Å². The molecule has 1 aliphatic heterocycles. The smallest absolute Gasteiger partial charge is 0.240 e. The van der Waals surface area contributed by atoms with E-state index in [1.807, 2.05) is 4.90 Å². The maximum absolute atomic E-state index is 13.2. The first kappa shape index (κ1) is 36.3. The van der Waals surface area contributed by atoms with E-state index in [4.69, 9.17) is 9.47 Å². The summed E-state index contributed by atoms with van der Waals surface area (Å²) in [6.07, 6.45) is 20.4. The Kier molecular flexibility index (Phi) is 12.2. The number of hydrogen-bond acceptors (Lipinski definition) is 7. The van der Waals surface area contributed by atoms with Crippen LogP contribution in [0.1, 0.15) is 116 Å². The van der Waals surface area contributed by atoms with Crippen molar-refractivity contribution in [3.8, 4) is 0 Å². The molecule has 9 rings (SSSR count). The molecule has 9 aliphatic rings. The van der Waals surface area contributed by atoms with Crippen LogP contribution in [0.4, 0.5) is 0 Å². The number of ether oxygens (including phenoxy) is 2. The van der Waals surface area contributed by atoms with Crippen LogP contribution in [0.5, 0.6) is 0 Å². The summed E-state index contributed by atoms with van der Waals surface area (Å²) in [5.41, 5.74) is 0.919. The molecule has 1 amide bonds. The minimum absolute atomic E-state index is 0. The van der Waals surface area contributed by atoms with Gasteiger partial charge in [0.2, 0.25) is 5.91 Å². The molecule has 8 aliphatic carbocycles. The van der Waals surface area contributed by atoms with Gasteiger partial charge in [-0.15, -0.1) is 12.4 Å². The van der Waals surface area contributed by atoms with Crippen molar-refractivity contribution in [1.82, 2.24) is 10.2 Å². The van der Waals surface area contributed by atoms with Crippen LogP contribution >= 0.6 is 12.4 Å². The Balaban J connectivity index is 0.00000386. The van der Waals surface area contributed by atoms with Gasteiger partial charge < -0.3 is 30.1 Å². The van der Waals surface area contributed by atoms with E-state index >= 15 is 0 Å². The number of carbonyl (C=O) groups excluding carboxylic acids is 1. The molecule has 0 aromatic rings. The van der Waals surface area contributed by atoms with Gasteiger partial charge in [0.1, 0.15) is 12.1 Å². The summed E-state index contributed by atoms with van der Waals surface area (Å²) in [7, 11) is 0. The predicted octanol–water partition coefficient (Wildman–Crippen LogP) is 5.10. The van der Waals surface area contributed by atoms with Crippen LogP contribution in [-0.2, 0) is 14.3 Å². The summed E-state index contributed by atoms with van der Waals surface area (Å²) >= 11 is 0. The van der Waals surface area contributed by atoms with Crippen LogP contribution in [0.2, 0.25) is 0 Å². The number of aliphatic hydroxyl groups excluding tert-OH is 3. The van der Waals surface area contributed by atoms with E-state index in [9.17, 15) is 20.1 Å². The second-order valence-electron chi connectivity index (χ2n) is 17.8. The number of hydrogen-bond donors (Lipinski definition) is 4. The minimum Gasteiger partial charge on any atom is -0.395 e. The summed E-state index contributed by atoms with van der Waals surface area (Å²) in [4.78, 5) is 15.0. The van der Waals surface area contributed by atoms with E-state index < -0.39 is 24.3 Å². The van der Waals surface area contributed by atoms with Crippen LogP contribution < -0.4 is 5.32 Å². The molecule has 0 aromatic heterocycles. The molecule has 4 atom stereocenters. The highest BCUT2D eigenvalue weighted by Crippen LogP contribution is 2.61. The maximum Gasteiger partial charge on any atom is 0.240 e. The fourth-order valence-corrected chi connectivity index (χ4v) is 12.8. The normalized spacial score (nSPS) is 43.0.